The van der Waals surface area contributed by atoms with Crippen LogP contribution in [0, 0.1) is 5.92 Å². The molecule has 0 fully saturated rings. The van der Waals surface area contributed by atoms with Crippen LogP contribution in [0.5, 0.6) is 11.5 Å². The van der Waals surface area contributed by atoms with E-state index < -0.39 is 0 Å². The zero-order valence-corrected chi connectivity index (χ0v) is 11.8. The van der Waals surface area contributed by atoms with Gasteiger partial charge in [-0.15, -0.1) is 0 Å². The summed E-state index contributed by atoms with van der Waals surface area (Å²) in [7, 11) is 0. The summed E-state index contributed by atoms with van der Waals surface area (Å²) in [4.78, 5) is 11.9. The monoisotopic (exact) mass is 269 g/mol. The Balaban J connectivity index is 2.06. The van der Waals surface area contributed by atoms with Crippen LogP contribution in [-0.4, -0.2) is 5.91 Å². The average molecular weight is 269 g/mol. The van der Waals surface area contributed by atoms with Crippen molar-refractivity contribution in [2.24, 2.45) is 5.92 Å². The molecule has 1 N–H and O–H groups in total. The summed E-state index contributed by atoms with van der Waals surface area (Å²) in [6.07, 6.45) is 0.825. The van der Waals surface area contributed by atoms with Gasteiger partial charge in [-0.3, -0.25) is 4.79 Å². The topological polar surface area (TPSA) is 38.3 Å². The van der Waals surface area contributed by atoms with E-state index in [2.05, 4.69) is 5.32 Å². The van der Waals surface area contributed by atoms with Crippen LogP contribution in [0.1, 0.15) is 20.3 Å². The maximum atomic E-state index is 11.9. The molecule has 0 radical (unpaired) electrons. The predicted octanol–water partition coefficient (Wildman–Crippen LogP) is 4.46. The van der Waals surface area contributed by atoms with Crippen molar-refractivity contribution < 1.29 is 9.53 Å². The number of benzene rings is 2. The fraction of sp³-hybridized carbons (Fsp3) is 0.235. The second kappa shape index (κ2) is 6.75. The van der Waals surface area contributed by atoms with Gasteiger partial charge in [0.05, 0.1) is 0 Å². The molecule has 104 valence electrons. The standard InChI is InChI=1S/C17H19NO2/c1-3-13(2)17(19)18-14-8-7-11-16(12-14)20-15-9-5-4-6-10-15/h4-13H,3H2,1-2H3,(H,18,19)/t13-/m1/s1. The quantitative estimate of drug-likeness (QED) is 0.870. The van der Waals surface area contributed by atoms with E-state index in [0.717, 1.165) is 17.9 Å². The number of carbonyl (C=O) groups excluding carboxylic acids is 1. The van der Waals surface area contributed by atoms with E-state index in [1.165, 1.54) is 0 Å². The third kappa shape index (κ3) is 3.85. The van der Waals surface area contributed by atoms with E-state index >= 15 is 0 Å². The Labute approximate surface area is 119 Å². The van der Waals surface area contributed by atoms with E-state index in [-0.39, 0.29) is 11.8 Å². The average Bonchev–Trinajstić information content (AvgIpc) is 2.47. The first-order valence-corrected chi connectivity index (χ1v) is 6.83. The van der Waals surface area contributed by atoms with Crippen molar-refractivity contribution in [3.63, 3.8) is 0 Å². The summed E-state index contributed by atoms with van der Waals surface area (Å²) in [5.41, 5.74) is 0.753. The Bertz CT molecular complexity index is 566. The fourth-order valence-corrected chi connectivity index (χ4v) is 1.71. The SMILES string of the molecule is CC[C@@H](C)C(=O)Nc1cccc(Oc2ccccc2)c1. The van der Waals surface area contributed by atoms with Gasteiger partial charge in [0, 0.05) is 17.7 Å². The van der Waals surface area contributed by atoms with Crippen molar-refractivity contribution in [3.8, 4) is 11.5 Å². The van der Waals surface area contributed by atoms with E-state index in [9.17, 15) is 4.79 Å². The molecule has 0 aliphatic carbocycles. The number of carbonyl (C=O) groups is 1. The molecule has 0 aromatic heterocycles. The van der Waals surface area contributed by atoms with Crippen LogP contribution in [0.25, 0.3) is 0 Å². The summed E-state index contributed by atoms with van der Waals surface area (Å²) >= 11 is 0. The van der Waals surface area contributed by atoms with Crippen LogP contribution in [0.4, 0.5) is 5.69 Å². The molecule has 2 aromatic carbocycles. The Kier molecular flexibility index (Phi) is 4.77. The Morgan fingerprint density at radius 2 is 1.80 bits per heavy atom. The third-order valence-corrected chi connectivity index (χ3v) is 3.14. The zero-order chi connectivity index (χ0) is 14.4. The summed E-state index contributed by atoms with van der Waals surface area (Å²) in [6, 6.07) is 17.0. The highest BCUT2D eigenvalue weighted by atomic mass is 16.5. The van der Waals surface area contributed by atoms with Crippen molar-refractivity contribution in [2.75, 3.05) is 5.32 Å². The minimum absolute atomic E-state index is 0.00805. The van der Waals surface area contributed by atoms with Gasteiger partial charge in [0.15, 0.2) is 0 Å². The highest BCUT2D eigenvalue weighted by Gasteiger charge is 2.10. The Hall–Kier alpha value is -2.29. The van der Waals surface area contributed by atoms with Gasteiger partial charge in [-0.1, -0.05) is 38.1 Å². The van der Waals surface area contributed by atoms with E-state index in [4.69, 9.17) is 4.74 Å². The lowest BCUT2D eigenvalue weighted by atomic mass is 10.1. The van der Waals surface area contributed by atoms with Crippen LogP contribution in [-0.2, 0) is 4.79 Å². The molecule has 1 atom stereocenters. The van der Waals surface area contributed by atoms with Gasteiger partial charge >= 0.3 is 0 Å². The lowest BCUT2D eigenvalue weighted by molar-refractivity contribution is -0.119. The maximum Gasteiger partial charge on any atom is 0.227 e. The number of ether oxygens (including phenoxy) is 1. The molecule has 2 aromatic rings. The van der Waals surface area contributed by atoms with Crippen LogP contribution in [0.2, 0.25) is 0 Å². The Morgan fingerprint density at radius 3 is 2.50 bits per heavy atom. The number of hydrogen-bond acceptors (Lipinski definition) is 2. The van der Waals surface area contributed by atoms with Crippen LogP contribution in [0.15, 0.2) is 54.6 Å². The van der Waals surface area contributed by atoms with Crippen LogP contribution in [0.3, 0.4) is 0 Å². The molecule has 0 saturated carbocycles. The molecule has 0 unspecified atom stereocenters. The summed E-state index contributed by atoms with van der Waals surface area (Å²) < 4.78 is 5.74. The second-order valence-corrected chi connectivity index (χ2v) is 4.74. The lowest BCUT2D eigenvalue weighted by Gasteiger charge is -2.11. The van der Waals surface area contributed by atoms with E-state index in [1.54, 1.807) is 0 Å². The summed E-state index contributed by atoms with van der Waals surface area (Å²) in [5.74, 6) is 1.52. The minimum Gasteiger partial charge on any atom is -0.457 e. The van der Waals surface area contributed by atoms with Gasteiger partial charge in [0.1, 0.15) is 11.5 Å². The highest BCUT2D eigenvalue weighted by molar-refractivity contribution is 5.92. The van der Waals surface area contributed by atoms with Gasteiger partial charge in [-0.25, -0.2) is 0 Å². The molecular formula is C17H19NO2. The summed E-state index contributed by atoms with van der Waals surface area (Å²) in [6.45, 7) is 3.92. The number of rotatable bonds is 5. The first-order chi connectivity index (χ1) is 9.69. The zero-order valence-electron chi connectivity index (χ0n) is 11.8. The molecule has 0 aliphatic rings. The molecule has 3 heteroatoms. The van der Waals surface area contributed by atoms with Gasteiger partial charge in [-0.05, 0) is 30.7 Å². The van der Waals surface area contributed by atoms with Gasteiger partial charge in [-0.2, -0.15) is 0 Å². The number of para-hydroxylation sites is 1. The van der Waals surface area contributed by atoms with Crippen LogP contribution < -0.4 is 10.1 Å². The van der Waals surface area contributed by atoms with Gasteiger partial charge in [0.25, 0.3) is 0 Å². The lowest BCUT2D eigenvalue weighted by Crippen LogP contribution is -2.19. The maximum absolute atomic E-state index is 11.9. The molecule has 0 aliphatic heterocycles. The molecule has 20 heavy (non-hydrogen) atoms. The molecule has 0 heterocycles. The number of amides is 1. The molecule has 0 bridgehead atoms. The van der Waals surface area contributed by atoms with Crippen molar-refractivity contribution >= 4 is 11.6 Å². The highest BCUT2D eigenvalue weighted by Crippen LogP contribution is 2.24. The molecule has 0 spiro atoms. The first kappa shape index (κ1) is 14.1. The molecule has 3 nitrogen and oxygen atoms in total. The third-order valence-electron chi connectivity index (χ3n) is 3.14. The second-order valence-electron chi connectivity index (χ2n) is 4.74. The summed E-state index contributed by atoms with van der Waals surface area (Å²) in [5, 5.41) is 2.90. The van der Waals surface area contributed by atoms with Gasteiger partial charge < -0.3 is 10.1 Å². The first-order valence-electron chi connectivity index (χ1n) is 6.83. The van der Waals surface area contributed by atoms with E-state index in [1.807, 2.05) is 68.4 Å². The Morgan fingerprint density at radius 1 is 1.10 bits per heavy atom. The fourth-order valence-electron chi connectivity index (χ4n) is 1.71. The van der Waals surface area contributed by atoms with Crippen molar-refractivity contribution in [1.29, 1.82) is 0 Å². The molecule has 1 amide bonds. The van der Waals surface area contributed by atoms with Crippen molar-refractivity contribution in [1.82, 2.24) is 0 Å². The van der Waals surface area contributed by atoms with Crippen molar-refractivity contribution in [2.45, 2.75) is 20.3 Å². The van der Waals surface area contributed by atoms with Crippen molar-refractivity contribution in [3.05, 3.63) is 54.6 Å². The minimum atomic E-state index is 0.00805. The normalized spacial score (nSPS) is 11.7. The molecular weight excluding hydrogens is 250 g/mol. The number of anilines is 1. The van der Waals surface area contributed by atoms with Crippen LogP contribution >= 0.6 is 0 Å². The van der Waals surface area contributed by atoms with Gasteiger partial charge in [0.2, 0.25) is 5.91 Å². The molecule has 0 saturated heterocycles. The number of hydrogen-bond donors (Lipinski definition) is 1. The smallest absolute Gasteiger partial charge is 0.227 e. The predicted molar refractivity (Wildman–Crippen MR) is 81.0 cm³/mol. The van der Waals surface area contributed by atoms with E-state index in [0.29, 0.717) is 5.75 Å². The largest absolute Gasteiger partial charge is 0.457 e. The number of nitrogens with one attached hydrogen (secondary N) is 1. The molecule has 2 rings (SSSR count).